The Morgan fingerprint density at radius 2 is 2.04 bits per heavy atom. The number of likely N-dealkylation sites (tertiary alicyclic amines) is 1. The molecule has 2 unspecified atom stereocenters. The third-order valence-corrected chi connectivity index (χ3v) is 4.98. The number of piperidine rings is 1. The summed E-state index contributed by atoms with van der Waals surface area (Å²) < 4.78 is 0. The van der Waals surface area contributed by atoms with Crippen molar-refractivity contribution in [1.29, 1.82) is 0 Å². The Balaban J connectivity index is 1.93. The van der Waals surface area contributed by atoms with Crippen LogP contribution in [0.2, 0.25) is 0 Å². The second kappa shape index (κ2) is 6.18. The minimum Gasteiger partial charge on any atom is -0.480 e. The zero-order valence-corrected chi connectivity index (χ0v) is 13.3. The molecule has 23 heavy (non-hydrogen) atoms. The number of carbonyl (C=O) groups is 2. The van der Waals surface area contributed by atoms with Crippen LogP contribution in [0.4, 0.5) is 0 Å². The topological polar surface area (TPSA) is 90.5 Å². The summed E-state index contributed by atoms with van der Waals surface area (Å²) in [7, 11) is 0. The Kier molecular flexibility index (Phi) is 4.24. The monoisotopic (exact) mass is 318 g/mol. The molecule has 1 aromatic heterocycles. The van der Waals surface area contributed by atoms with E-state index in [4.69, 9.17) is 0 Å². The van der Waals surface area contributed by atoms with E-state index in [9.17, 15) is 19.5 Å². The Morgan fingerprint density at radius 3 is 2.78 bits per heavy atom. The second-order valence-electron chi connectivity index (χ2n) is 6.71. The molecule has 1 fully saturated rings. The number of H-pyrrole nitrogens is 1. The first kappa shape index (κ1) is 15.8. The van der Waals surface area contributed by atoms with Gasteiger partial charge in [-0.2, -0.15) is 0 Å². The summed E-state index contributed by atoms with van der Waals surface area (Å²) in [5, 5.41) is 9.40. The number of pyridine rings is 1. The maximum Gasteiger partial charge on any atom is 0.326 e. The van der Waals surface area contributed by atoms with Gasteiger partial charge in [-0.05, 0) is 56.1 Å². The normalized spacial score (nSPS) is 24.1. The first-order valence-corrected chi connectivity index (χ1v) is 8.26. The van der Waals surface area contributed by atoms with Crippen LogP contribution in [-0.4, -0.2) is 39.5 Å². The van der Waals surface area contributed by atoms with E-state index in [-0.39, 0.29) is 11.5 Å². The maximum absolute atomic E-state index is 12.8. The van der Waals surface area contributed by atoms with Gasteiger partial charge in [0.05, 0.1) is 0 Å². The minimum atomic E-state index is -1.00. The molecule has 1 aliphatic carbocycles. The number of nitrogens with zero attached hydrogens (tertiary/aromatic N) is 1. The van der Waals surface area contributed by atoms with Crippen molar-refractivity contribution in [3.8, 4) is 0 Å². The number of rotatable bonds is 2. The summed E-state index contributed by atoms with van der Waals surface area (Å²) in [6.45, 7) is 2.37. The lowest BCUT2D eigenvalue weighted by Crippen LogP contribution is -2.50. The van der Waals surface area contributed by atoms with E-state index in [1.165, 1.54) is 4.90 Å². The summed E-state index contributed by atoms with van der Waals surface area (Å²) in [4.78, 5) is 40.7. The zero-order chi connectivity index (χ0) is 16.6. The standard InChI is InChI=1S/C17H22N2O4/c1-10-6-7-19(14(8-10)17(22)23)16(21)12-9-11-4-2-3-5-13(11)18-15(12)20/h9-10,14H,2-8H2,1H3,(H,18,20)(H,22,23). The molecule has 6 nitrogen and oxygen atoms in total. The van der Waals surface area contributed by atoms with Crippen LogP contribution in [0, 0.1) is 5.92 Å². The number of carbonyl (C=O) groups excluding carboxylic acids is 1. The van der Waals surface area contributed by atoms with Gasteiger partial charge in [-0.3, -0.25) is 9.59 Å². The number of aromatic nitrogens is 1. The van der Waals surface area contributed by atoms with Gasteiger partial charge in [0.1, 0.15) is 11.6 Å². The first-order valence-electron chi connectivity index (χ1n) is 8.26. The number of carboxylic acid groups (broad SMARTS) is 1. The number of fused-ring (bicyclic) bond motifs is 1. The van der Waals surface area contributed by atoms with Crippen molar-refractivity contribution in [3.05, 3.63) is 33.2 Å². The van der Waals surface area contributed by atoms with Crippen LogP contribution in [0.5, 0.6) is 0 Å². The van der Waals surface area contributed by atoms with Crippen LogP contribution in [0.3, 0.4) is 0 Å². The number of carboxylic acids is 1. The Hall–Kier alpha value is -2.11. The van der Waals surface area contributed by atoms with Gasteiger partial charge in [0.2, 0.25) is 0 Å². The van der Waals surface area contributed by atoms with E-state index >= 15 is 0 Å². The summed E-state index contributed by atoms with van der Waals surface area (Å²) in [6, 6.07) is 0.828. The molecule has 0 saturated carbocycles. The van der Waals surface area contributed by atoms with E-state index in [1.54, 1.807) is 6.07 Å². The molecule has 0 radical (unpaired) electrons. The van der Waals surface area contributed by atoms with Gasteiger partial charge in [0.25, 0.3) is 11.5 Å². The molecular formula is C17H22N2O4. The van der Waals surface area contributed by atoms with E-state index < -0.39 is 23.5 Å². The average Bonchev–Trinajstić information content (AvgIpc) is 2.53. The number of aryl methyl sites for hydroxylation is 2. The molecule has 1 aromatic rings. The van der Waals surface area contributed by atoms with Gasteiger partial charge in [-0.1, -0.05) is 6.92 Å². The third-order valence-electron chi connectivity index (χ3n) is 4.98. The number of aromatic amines is 1. The summed E-state index contributed by atoms with van der Waals surface area (Å²) in [6.07, 6.45) is 4.97. The zero-order valence-electron chi connectivity index (χ0n) is 13.3. The van der Waals surface area contributed by atoms with Crippen LogP contribution in [0.1, 0.15) is 54.2 Å². The van der Waals surface area contributed by atoms with E-state index in [2.05, 4.69) is 4.98 Å². The second-order valence-corrected chi connectivity index (χ2v) is 6.71. The molecule has 2 N–H and O–H groups in total. The van der Waals surface area contributed by atoms with Crippen LogP contribution >= 0.6 is 0 Å². The molecule has 2 atom stereocenters. The van der Waals surface area contributed by atoms with Crippen molar-refractivity contribution in [2.75, 3.05) is 6.54 Å². The van der Waals surface area contributed by atoms with Crippen molar-refractivity contribution in [2.24, 2.45) is 5.92 Å². The summed E-state index contributed by atoms with van der Waals surface area (Å²) in [5.41, 5.74) is 1.60. The van der Waals surface area contributed by atoms with Crippen molar-refractivity contribution in [1.82, 2.24) is 9.88 Å². The van der Waals surface area contributed by atoms with Crippen molar-refractivity contribution in [3.63, 3.8) is 0 Å². The highest BCUT2D eigenvalue weighted by Crippen LogP contribution is 2.25. The average molecular weight is 318 g/mol. The fourth-order valence-corrected chi connectivity index (χ4v) is 3.61. The molecule has 3 rings (SSSR count). The number of aliphatic carboxylic acids is 1. The third kappa shape index (κ3) is 3.02. The molecule has 1 saturated heterocycles. The van der Waals surface area contributed by atoms with Gasteiger partial charge >= 0.3 is 5.97 Å². The molecular weight excluding hydrogens is 296 g/mol. The SMILES string of the molecule is CC1CCN(C(=O)c2cc3c([nH]c2=O)CCCC3)C(C(=O)O)C1. The fraction of sp³-hybridized carbons (Fsp3) is 0.588. The Labute approximate surface area is 134 Å². The first-order chi connectivity index (χ1) is 11.0. The van der Waals surface area contributed by atoms with Crippen LogP contribution in [-0.2, 0) is 17.6 Å². The maximum atomic E-state index is 12.8. The van der Waals surface area contributed by atoms with Gasteiger partial charge in [-0.25, -0.2) is 4.79 Å². The van der Waals surface area contributed by atoms with Crippen molar-refractivity contribution < 1.29 is 14.7 Å². The molecule has 6 heteroatoms. The molecule has 2 heterocycles. The van der Waals surface area contributed by atoms with Crippen molar-refractivity contribution in [2.45, 2.75) is 51.5 Å². The molecule has 0 bridgehead atoms. The largest absolute Gasteiger partial charge is 0.480 e. The van der Waals surface area contributed by atoms with Crippen LogP contribution < -0.4 is 5.56 Å². The summed E-state index contributed by atoms with van der Waals surface area (Å²) in [5.74, 6) is -1.19. The Morgan fingerprint density at radius 1 is 1.30 bits per heavy atom. The minimum absolute atomic E-state index is 0.0754. The van der Waals surface area contributed by atoms with E-state index in [0.717, 1.165) is 43.4 Å². The lowest BCUT2D eigenvalue weighted by Gasteiger charge is -2.36. The Bertz CT molecular complexity index is 694. The van der Waals surface area contributed by atoms with E-state index in [0.29, 0.717) is 13.0 Å². The van der Waals surface area contributed by atoms with Gasteiger partial charge in [0.15, 0.2) is 0 Å². The smallest absolute Gasteiger partial charge is 0.326 e. The highest BCUT2D eigenvalue weighted by Gasteiger charge is 2.36. The molecule has 0 spiro atoms. The highest BCUT2D eigenvalue weighted by atomic mass is 16.4. The molecule has 0 aromatic carbocycles. The van der Waals surface area contributed by atoms with E-state index in [1.807, 2.05) is 6.92 Å². The number of amides is 1. The van der Waals surface area contributed by atoms with Crippen molar-refractivity contribution >= 4 is 11.9 Å². The number of hydrogen-bond donors (Lipinski definition) is 2. The number of hydrogen-bond acceptors (Lipinski definition) is 3. The lowest BCUT2D eigenvalue weighted by molar-refractivity contribution is -0.144. The van der Waals surface area contributed by atoms with Gasteiger partial charge < -0.3 is 15.0 Å². The van der Waals surface area contributed by atoms with Crippen LogP contribution in [0.25, 0.3) is 0 Å². The molecule has 1 aliphatic heterocycles. The number of nitrogens with one attached hydrogen (secondary N) is 1. The predicted octanol–water partition coefficient (Wildman–Crippen LogP) is 1.58. The molecule has 2 aliphatic rings. The molecule has 1 amide bonds. The molecule has 124 valence electrons. The summed E-state index contributed by atoms with van der Waals surface area (Å²) >= 11 is 0. The lowest BCUT2D eigenvalue weighted by atomic mass is 9.91. The van der Waals surface area contributed by atoms with Gasteiger partial charge in [-0.15, -0.1) is 0 Å². The highest BCUT2D eigenvalue weighted by molar-refractivity contribution is 5.96. The van der Waals surface area contributed by atoms with Gasteiger partial charge in [0, 0.05) is 12.2 Å². The quantitative estimate of drug-likeness (QED) is 0.866. The van der Waals surface area contributed by atoms with Crippen LogP contribution in [0.15, 0.2) is 10.9 Å². The fourth-order valence-electron chi connectivity index (χ4n) is 3.61. The predicted molar refractivity (Wildman–Crippen MR) is 84.6 cm³/mol.